The highest BCUT2D eigenvalue weighted by molar-refractivity contribution is 7.89. The van der Waals surface area contributed by atoms with Gasteiger partial charge in [-0.1, -0.05) is 0 Å². The van der Waals surface area contributed by atoms with Gasteiger partial charge in [-0.25, -0.2) is 13.1 Å². The maximum Gasteiger partial charge on any atom is 0.259 e. The average Bonchev–Trinajstić information content (AvgIpc) is 3.04. The molecule has 1 aromatic carbocycles. The van der Waals surface area contributed by atoms with E-state index in [-0.39, 0.29) is 30.1 Å². The minimum Gasteiger partial charge on any atom is -0.483 e. The minimum absolute atomic E-state index is 0.0551. The summed E-state index contributed by atoms with van der Waals surface area (Å²) in [7, 11) is -0.299. The molecule has 1 N–H and O–H groups in total. The summed E-state index contributed by atoms with van der Waals surface area (Å²) >= 11 is 0. The van der Waals surface area contributed by atoms with E-state index in [9.17, 15) is 13.2 Å². The normalized spacial score (nSPS) is 17.7. The number of ether oxygens (including phenoxy) is 2. The fourth-order valence-electron chi connectivity index (χ4n) is 2.31. The van der Waals surface area contributed by atoms with Gasteiger partial charge in [0.25, 0.3) is 5.91 Å². The molecule has 0 bridgehead atoms. The van der Waals surface area contributed by atoms with Crippen LogP contribution in [0.25, 0.3) is 0 Å². The van der Waals surface area contributed by atoms with Gasteiger partial charge in [-0.05, 0) is 43.5 Å². The molecule has 1 heterocycles. The number of benzene rings is 1. The summed E-state index contributed by atoms with van der Waals surface area (Å²) < 4.78 is 38.1. The first-order valence-electron chi connectivity index (χ1n) is 7.84. The predicted molar refractivity (Wildman–Crippen MR) is 89.5 cm³/mol. The number of hydrogen-bond donors (Lipinski definition) is 1. The molecule has 2 rings (SSSR count). The van der Waals surface area contributed by atoms with Gasteiger partial charge >= 0.3 is 0 Å². The van der Waals surface area contributed by atoms with Crippen LogP contribution in [0.1, 0.15) is 18.4 Å². The third-order valence-electron chi connectivity index (χ3n) is 3.83. The van der Waals surface area contributed by atoms with Crippen LogP contribution in [-0.2, 0) is 19.6 Å². The van der Waals surface area contributed by atoms with E-state index >= 15 is 0 Å². The van der Waals surface area contributed by atoms with Gasteiger partial charge in [0.05, 0.1) is 11.0 Å². The Hall–Kier alpha value is -1.64. The summed E-state index contributed by atoms with van der Waals surface area (Å²) in [6.45, 7) is 2.62. The van der Waals surface area contributed by atoms with Gasteiger partial charge in [0.15, 0.2) is 6.61 Å². The van der Waals surface area contributed by atoms with Gasteiger partial charge in [0.2, 0.25) is 10.0 Å². The molecule has 7 nitrogen and oxygen atoms in total. The Kier molecular flexibility index (Phi) is 6.20. The molecule has 1 saturated heterocycles. The van der Waals surface area contributed by atoms with Gasteiger partial charge < -0.3 is 14.4 Å². The molecule has 0 saturated carbocycles. The summed E-state index contributed by atoms with van der Waals surface area (Å²) in [6, 6.07) is 4.58. The van der Waals surface area contributed by atoms with Crippen molar-refractivity contribution in [2.75, 3.05) is 33.9 Å². The Morgan fingerprint density at radius 3 is 2.75 bits per heavy atom. The molecule has 1 unspecified atom stereocenters. The summed E-state index contributed by atoms with van der Waals surface area (Å²) in [4.78, 5) is 13.2. The Morgan fingerprint density at radius 2 is 2.17 bits per heavy atom. The van der Waals surface area contributed by atoms with E-state index in [4.69, 9.17) is 9.47 Å². The van der Waals surface area contributed by atoms with E-state index < -0.39 is 10.0 Å². The number of nitrogens with one attached hydrogen (secondary N) is 1. The number of rotatable bonds is 7. The first-order chi connectivity index (χ1) is 11.3. The van der Waals surface area contributed by atoms with Crippen molar-refractivity contribution in [2.45, 2.75) is 30.8 Å². The van der Waals surface area contributed by atoms with Crippen LogP contribution in [0.4, 0.5) is 0 Å². The van der Waals surface area contributed by atoms with Crippen LogP contribution >= 0.6 is 0 Å². The molecule has 0 aromatic heterocycles. The van der Waals surface area contributed by atoms with Gasteiger partial charge in [-0.3, -0.25) is 4.79 Å². The smallest absolute Gasteiger partial charge is 0.259 e. The average molecular weight is 356 g/mol. The Bertz CT molecular complexity index is 682. The number of sulfonamides is 1. The molecular weight excluding hydrogens is 332 g/mol. The highest BCUT2D eigenvalue weighted by Gasteiger charge is 2.21. The van der Waals surface area contributed by atoms with E-state index in [2.05, 4.69) is 4.72 Å². The number of likely N-dealkylation sites (N-methyl/N-ethyl adjacent to an activating group) is 1. The number of carbonyl (C=O) groups excluding carboxylic acids is 1. The number of amides is 1. The number of aryl methyl sites for hydroxylation is 1. The maximum atomic E-state index is 12.3. The highest BCUT2D eigenvalue weighted by Crippen LogP contribution is 2.22. The van der Waals surface area contributed by atoms with Crippen LogP contribution in [0.15, 0.2) is 23.1 Å². The third-order valence-corrected chi connectivity index (χ3v) is 5.25. The SMILES string of the molecule is Cc1cc(S(=O)(=O)NCC2CCCO2)ccc1OCC(=O)N(C)C. The van der Waals surface area contributed by atoms with Crippen molar-refractivity contribution in [1.29, 1.82) is 0 Å². The second kappa shape index (κ2) is 7.96. The molecule has 0 spiro atoms. The number of nitrogens with zero attached hydrogens (tertiary/aromatic N) is 1. The molecule has 24 heavy (non-hydrogen) atoms. The molecule has 8 heteroatoms. The fourth-order valence-corrected chi connectivity index (χ4v) is 3.46. The van der Waals surface area contributed by atoms with E-state index in [0.717, 1.165) is 12.8 Å². The number of carbonyl (C=O) groups is 1. The van der Waals surface area contributed by atoms with Crippen LogP contribution in [0.5, 0.6) is 5.75 Å². The standard InChI is InChI=1S/C16H24N2O5S/c1-12-9-14(6-7-15(12)23-11-16(19)18(2)3)24(20,21)17-10-13-5-4-8-22-13/h6-7,9,13,17H,4-5,8,10-11H2,1-3H3. The van der Waals surface area contributed by atoms with Crippen molar-refractivity contribution in [3.8, 4) is 5.75 Å². The summed E-state index contributed by atoms with van der Waals surface area (Å²) in [6.07, 6.45) is 1.78. The van der Waals surface area contributed by atoms with Gasteiger partial charge in [-0.2, -0.15) is 0 Å². The monoisotopic (exact) mass is 356 g/mol. The summed E-state index contributed by atoms with van der Waals surface area (Å²) in [5, 5.41) is 0. The van der Waals surface area contributed by atoms with Gasteiger partial charge in [-0.15, -0.1) is 0 Å². The van der Waals surface area contributed by atoms with Crippen molar-refractivity contribution < 1.29 is 22.7 Å². The van der Waals surface area contributed by atoms with Crippen molar-refractivity contribution in [1.82, 2.24) is 9.62 Å². The van der Waals surface area contributed by atoms with Gasteiger partial charge in [0, 0.05) is 27.2 Å². The Labute approximate surface area is 143 Å². The zero-order valence-electron chi connectivity index (χ0n) is 14.2. The lowest BCUT2D eigenvalue weighted by Crippen LogP contribution is -2.31. The highest BCUT2D eigenvalue weighted by atomic mass is 32.2. The fraction of sp³-hybridized carbons (Fsp3) is 0.562. The predicted octanol–water partition coefficient (Wildman–Crippen LogP) is 0.919. The zero-order chi connectivity index (χ0) is 17.7. The molecule has 1 aliphatic heterocycles. The Morgan fingerprint density at radius 1 is 1.42 bits per heavy atom. The second-order valence-electron chi connectivity index (χ2n) is 5.99. The lowest BCUT2D eigenvalue weighted by atomic mass is 10.2. The largest absolute Gasteiger partial charge is 0.483 e. The van der Waals surface area contributed by atoms with E-state index in [0.29, 0.717) is 17.9 Å². The van der Waals surface area contributed by atoms with Crippen LogP contribution in [-0.4, -0.2) is 59.2 Å². The maximum absolute atomic E-state index is 12.3. The van der Waals surface area contributed by atoms with Crippen LogP contribution in [0.2, 0.25) is 0 Å². The molecule has 1 atom stereocenters. The van der Waals surface area contributed by atoms with Crippen molar-refractivity contribution in [3.63, 3.8) is 0 Å². The van der Waals surface area contributed by atoms with Crippen LogP contribution in [0.3, 0.4) is 0 Å². The summed E-state index contributed by atoms with van der Waals surface area (Å²) in [5.74, 6) is 0.326. The lowest BCUT2D eigenvalue weighted by Gasteiger charge is -2.14. The molecule has 1 aliphatic rings. The Balaban J connectivity index is 2.00. The first-order valence-corrected chi connectivity index (χ1v) is 9.33. The molecule has 1 fully saturated rings. The molecule has 134 valence electrons. The third kappa shape index (κ3) is 4.93. The van der Waals surface area contributed by atoms with Crippen LogP contribution in [0, 0.1) is 6.92 Å². The summed E-state index contributed by atoms with van der Waals surface area (Å²) in [5.41, 5.74) is 0.654. The molecular formula is C16H24N2O5S. The number of hydrogen-bond acceptors (Lipinski definition) is 5. The molecule has 0 aliphatic carbocycles. The first kappa shape index (κ1) is 18.7. The molecule has 1 amide bonds. The van der Waals surface area contributed by atoms with Crippen LogP contribution < -0.4 is 9.46 Å². The van der Waals surface area contributed by atoms with E-state index in [1.54, 1.807) is 27.1 Å². The van der Waals surface area contributed by atoms with Crippen molar-refractivity contribution in [3.05, 3.63) is 23.8 Å². The zero-order valence-corrected chi connectivity index (χ0v) is 15.1. The molecule has 0 radical (unpaired) electrons. The van der Waals surface area contributed by atoms with Crippen molar-refractivity contribution in [2.24, 2.45) is 0 Å². The minimum atomic E-state index is -3.59. The lowest BCUT2D eigenvalue weighted by molar-refractivity contribution is -0.130. The van der Waals surface area contributed by atoms with Gasteiger partial charge in [0.1, 0.15) is 5.75 Å². The molecule has 1 aromatic rings. The topological polar surface area (TPSA) is 84.9 Å². The van der Waals surface area contributed by atoms with Crippen molar-refractivity contribution >= 4 is 15.9 Å². The quantitative estimate of drug-likeness (QED) is 0.785. The van der Waals surface area contributed by atoms with E-state index in [1.165, 1.54) is 17.0 Å². The second-order valence-corrected chi connectivity index (χ2v) is 7.76. The van der Waals surface area contributed by atoms with E-state index in [1.807, 2.05) is 0 Å².